The second-order valence-electron chi connectivity index (χ2n) is 3.13. The number of hydrogen-bond acceptors (Lipinski definition) is 3. The average Bonchev–Trinajstić information content (AvgIpc) is 2.66. The zero-order chi connectivity index (χ0) is 10.8. The maximum absolute atomic E-state index is 10.6. The number of carboxylic acids is 1. The highest BCUT2D eigenvalue weighted by Gasteiger charge is 2.06. The molecule has 0 aromatic carbocycles. The lowest BCUT2D eigenvalue weighted by atomic mass is 10.3. The van der Waals surface area contributed by atoms with E-state index in [2.05, 4.69) is 10.1 Å². The van der Waals surface area contributed by atoms with Crippen molar-refractivity contribution in [2.45, 2.75) is 6.92 Å². The minimum absolute atomic E-state index is 0.171. The highest BCUT2D eigenvalue weighted by atomic mass is 16.4. The van der Waals surface area contributed by atoms with Crippen molar-refractivity contribution in [1.82, 2.24) is 14.8 Å². The van der Waals surface area contributed by atoms with Crippen LogP contribution in [0.4, 0.5) is 0 Å². The Labute approximate surface area is 86.0 Å². The molecule has 0 atom stereocenters. The lowest BCUT2D eigenvalue weighted by molar-refractivity contribution is 0.0697. The van der Waals surface area contributed by atoms with Crippen LogP contribution in [0.25, 0.3) is 5.69 Å². The molecule has 15 heavy (non-hydrogen) atoms. The van der Waals surface area contributed by atoms with Gasteiger partial charge in [0.25, 0.3) is 0 Å². The fraction of sp³-hybridized carbons (Fsp3) is 0.100. The smallest absolute Gasteiger partial charge is 0.338 e. The Balaban J connectivity index is 2.41. The molecule has 0 bridgehead atoms. The van der Waals surface area contributed by atoms with Crippen LogP contribution in [-0.2, 0) is 0 Å². The number of aromatic carboxylic acids is 1. The number of pyridine rings is 1. The normalized spacial score (nSPS) is 10.2. The van der Waals surface area contributed by atoms with Gasteiger partial charge in [-0.3, -0.25) is 4.98 Å². The third-order valence-electron chi connectivity index (χ3n) is 1.97. The molecule has 2 heterocycles. The van der Waals surface area contributed by atoms with Crippen LogP contribution in [0.2, 0.25) is 0 Å². The van der Waals surface area contributed by atoms with Crippen molar-refractivity contribution in [3.8, 4) is 5.69 Å². The van der Waals surface area contributed by atoms with Crippen molar-refractivity contribution in [2.24, 2.45) is 0 Å². The monoisotopic (exact) mass is 203 g/mol. The molecule has 5 nitrogen and oxygen atoms in total. The highest BCUT2D eigenvalue weighted by molar-refractivity contribution is 5.86. The average molecular weight is 203 g/mol. The minimum Gasteiger partial charge on any atom is -0.478 e. The van der Waals surface area contributed by atoms with Gasteiger partial charge in [-0.1, -0.05) is 0 Å². The number of carboxylic acid groups (broad SMARTS) is 1. The molecule has 0 amide bonds. The van der Waals surface area contributed by atoms with Gasteiger partial charge in [-0.05, 0) is 19.1 Å². The summed E-state index contributed by atoms with van der Waals surface area (Å²) in [4.78, 5) is 14.7. The van der Waals surface area contributed by atoms with Crippen LogP contribution in [-0.4, -0.2) is 25.8 Å². The van der Waals surface area contributed by atoms with Crippen molar-refractivity contribution >= 4 is 5.97 Å². The Morgan fingerprint density at radius 1 is 1.53 bits per heavy atom. The molecule has 0 spiro atoms. The second kappa shape index (κ2) is 3.53. The maximum Gasteiger partial charge on any atom is 0.338 e. The Hall–Kier alpha value is -2.17. The predicted octanol–water partition coefficient (Wildman–Crippen LogP) is 1.27. The zero-order valence-electron chi connectivity index (χ0n) is 8.08. The van der Waals surface area contributed by atoms with Crippen molar-refractivity contribution in [3.05, 3.63) is 42.0 Å². The SMILES string of the molecule is Cc1cc(-n2cc(C(=O)O)cn2)ccn1. The van der Waals surface area contributed by atoms with Crippen molar-refractivity contribution in [2.75, 3.05) is 0 Å². The molecule has 0 aliphatic carbocycles. The Kier molecular flexibility index (Phi) is 2.21. The summed E-state index contributed by atoms with van der Waals surface area (Å²) in [7, 11) is 0. The largest absolute Gasteiger partial charge is 0.478 e. The van der Waals surface area contributed by atoms with Gasteiger partial charge in [0.1, 0.15) is 0 Å². The summed E-state index contributed by atoms with van der Waals surface area (Å²) in [5, 5.41) is 12.7. The van der Waals surface area contributed by atoms with Gasteiger partial charge < -0.3 is 5.11 Å². The first-order valence-corrected chi connectivity index (χ1v) is 4.38. The Bertz CT molecular complexity index is 505. The van der Waals surface area contributed by atoms with Crippen LogP contribution in [0.3, 0.4) is 0 Å². The fourth-order valence-electron chi connectivity index (χ4n) is 1.25. The fourth-order valence-corrected chi connectivity index (χ4v) is 1.25. The molecular weight excluding hydrogens is 194 g/mol. The van der Waals surface area contributed by atoms with Crippen molar-refractivity contribution < 1.29 is 9.90 Å². The molecule has 2 aromatic heterocycles. The summed E-state index contributed by atoms with van der Waals surface area (Å²) in [6, 6.07) is 3.60. The molecule has 0 saturated heterocycles. The number of rotatable bonds is 2. The number of aromatic nitrogens is 3. The number of carbonyl (C=O) groups is 1. The Morgan fingerprint density at radius 2 is 2.33 bits per heavy atom. The van der Waals surface area contributed by atoms with Gasteiger partial charge in [0, 0.05) is 18.1 Å². The van der Waals surface area contributed by atoms with Gasteiger partial charge in [0.05, 0.1) is 17.4 Å². The summed E-state index contributed by atoms with van der Waals surface area (Å²) in [6.07, 6.45) is 4.45. The first kappa shape index (κ1) is 9.39. The van der Waals surface area contributed by atoms with Gasteiger partial charge in [0.15, 0.2) is 0 Å². The van der Waals surface area contributed by atoms with E-state index in [9.17, 15) is 4.79 Å². The van der Waals surface area contributed by atoms with Crippen LogP contribution in [0, 0.1) is 6.92 Å². The van der Waals surface area contributed by atoms with Gasteiger partial charge in [-0.15, -0.1) is 0 Å². The topological polar surface area (TPSA) is 68.0 Å². The van der Waals surface area contributed by atoms with Gasteiger partial charge in [-0.25, -0.2) is 9.48 Å². The van der Waals surface area contributed by atoms with Crippen LogP contribution in [0.1, 0.15) is 16.1 Å². The van der Waals surface area contributed by atoms with E-state index in [-0.39, 0.29) is 5.56 Å². The molecule has 1 N–H and O–H groups in total. The van der Waals surface area contributed by atoms with Crippen molar-refractivity contribution in [3.63, 3.8) is 0 Å². The maximum atomic E-state index is 10.6. The van der Waals surface area contributed by atoms with Crippen molar-refractivity contribution in [1.29, 1.82) is 0 Å². The van der Waals surface area contributed by atoms with E-state index in [0.717, 1.165) is 11.4 Å². The molecule has 5 heteroatoms. The summed E-state index contributed by atoms with van der Waals surface area (Å²) in [5.74, 6) is -0.980. The lowest BCUT2D eigenvalue weighted by Gasteiger charge is -2.00. The molecule has 0 aliphatic heterocycles. The molecule has 0 aliphatic rings. The van der Waals surface area contributed by atoms with Crippen LogP contribution >= 0.6 is 0 Å². The molecule has 2 aromatic rings. The van der Waals surface area contributed by atoms with E-state index in [1.165, 1.54) is 17.1 Å². The number of nitrogens with zero attached hydrogens (tertiary/aromatic N) is 3. The number of hydrogen-bond donors (Lipinski definition) is 1. The third-order valence-corrected chi connectivity index (χ3v) is 1.97. The molecule has 76 valence electrons. The molecule has 0 unspecified atom stereocenters. The van der Waals surface area contributed by atoms with Gasteiger partial charge >= 0.3 is 5.97 Å². The predicted molar refractivity (Wildman–Crippen MR) is 53.1 cm³/mol. The number of aryl methyl sites for hydroxylation is 1. The lowest BCUT2D eigenvalue weighted by Crippen LogP contribution is -1.96. The molecular formula is C10H9N3O2. The van der Waals surface area contributed by atoms with E-state index >= 15 is 0 Å². The second-order valence-corrected chi connectivity index (χ2v) is 3.13. The first-order chi connectivity index (χ1) is 7.16. The van der Waals surface area contributed by atoms with E-state index in [1.807, 2.05) is 13.0 Å². The van der Waals surface area contributed by atoms with Crippen LogP contribution in [0.5, 0.6) is 0 Å². The molecule has 0 radical (unpaired) electrons. The highest BCUT2D eigenvalue weighted by Crippen LogP contribution is 2.08. The summed E-state index contributed by atoms with van der Waals surface area (Å²) in [6.45, 7) is 1.87. The van der Waals surface area contributed by atoms with E-state index in [1.54, 1.807) is 12.3 Å². The summed E-state index contributed by atoms with van der Waals surface area (Å²) >= 11 is 0. The minimum atomic E-state index is -0.980. The first-order valence-electron chi connectivity index (χ1n) is 4.38. The molecule has 2 rings (SSSR count). The van der Waals surface area contributed by atoms with E-state index in [0.29, 0.717) is 0 Å². The summed E-state index contributed by atoms with van der Waals surface area (Å²) in [5.41, 5.74) is 1.83. The van der Waals surface area contributed by atoms with Gasteiger partial charge in [0.2, 0.25) is 0 Å². The molecule has 0 fully saturated rings. The standard InChI is InChI=1S/C10H9N3O2/c1-7-4-9(2-3-11-7)13-6-8(5-12-13)10(14)15/h2-6H,1H3,(H,14,15). The van der Waals surface area contributed by atoms with Crippen LogP contribution in [0.15, 0.2) is 30.7 Å². The van der Waals surface area contributed by atoms with E-state index in [4.69, 9.17) is 5.11 Å². The van der Waals surface area contributed by atoms with E-state index < -0.39 is 5.97 Å². The van der Waals surface area contributed by atoms with Gasteiger partial charge in [-0.2, -0.15) is 5.10 Å². The summed E-state index contributed by atoms with van der Waals surface area (Å²) < 4.78 is 1.51. The van der Waals surface area contributed by atoms with Crippen LogP contribution < -0.4 is 0 Å². The molecule has 0 saturated carbocycles. The quantitative estimate of drug-likeness (QED) is 0.798. The zero-order valence-corrected chi connectivity index (χ0v) is 8.08. The third kappa shape index (κ3) is 1.85. The Morgan fingerprint density at radius 3 is 2.93 bits per heavy atom.